The fraction of sp³-hybridized carbons (Fsp3) is 0.269. The smallest absolute Gasteiger partial charge is 0.348 e. The minimum Gasteiger partial charge on any atom is -0.465 e. The minimum absolute atomic E-state index is 0.0955. The Morgan fingerprint density at radius 3 is 2.47 bits per heavy atom. The summed E-state index contributed by atoms with van der Waals surface area (Å²) in [7, 11) is 1.23. The van der Waals surface area contributed by atoms with Gasteiger partial charge in [0.15, 0.2) is 0 Å². The molecule has 0 radical (unpaired) electrons. The lowest BCUT2D eigenvalue weighted by Gasteiger charge is -2.08. The summed E-state index contributed by atoms with van der Waals surface area (Å²) in [4.78, 5) is 42.1. The van der Waals surface area contributed by atoms with Crippen molar-refractivity contribution < 1.29 is 23.9 Å². The molecule has 0 aliphatic rings. The quantitative estimate of drug-likeness (QED) is 0.293. The molecular weight excluding hydrogens is 498 g/mol. The average Bonchev–Trinajstić information content (AvgIpc) is 3.19. The first kappa shape index (κ1) is 26.9. The summed E-state index contributed by atoms with van der Waals surface area (Å²) in [6.45, 7) is 5.49. The summed E-state index contributed by atoms with van der Waals surface area (Å²) >= 11 is 2.27. The highest BCUT2D eigenvalue weighted by Crippen LogP contribution is 2.34. The second-order valence-electron chi connectivity index (χ2n) is 7.65. The number of benzene rings is 1. The number of aryl methyl sites for hydroxylation is 1. The Hall–Kier alpha value is -3.68. The molecule has 0 bridgehead atoms. The molecule has 0 saturated heterocycles. The third-order valence-electron chi connectivity index (χ3n) is 5.15. The van der Waals surface area contributed by atoms with E-state index in [-0.39, 0.29) is 34.4 Å². The Kier molecular flexibility index (Phi) is 9.22. The van der Waals surface area contributed by atoms with Crippen LogP contribution in [0.1, 0.15) is 50.1 Å². The molecule has 2 heterocycles. The van der Waals surface area contributed by atoms with Crippen LogP contribution in [-0.4, -0.2) is 42.3 Å². The third-order valence-corrected chi connectivity index (χ3v) is 7.33. The first-order chi connectivity index (χ1) is 17.3. The van der Waals surface area contributed by atoms with E-state index in [2.05, 4.69) is 16.4 Å². The summed E-state index contributed by atoms with van der Waals surface area (Å²) in [6.07, 6.45) is 0.0955. The lowest BCUT2D eigenvalue weighted by atomic mass is 10.1. The molecule has 0 spiro atoms. The average molecular weight is 524 g/mol. The summed E-state index contributed by atoms with van der Waals surface area (Å²) < 4.78 is 9.88. The van der Waals surface area contributed by atoms with E-state index in [9.17, 15) is 19.6 Å². The number of amides is 1. The van der Waals surface area contributed by atoms with Gasteiger partial charge in [0, 0.05) is 17.7 Å². The van der Waals surface area contributed by atoms with Crippen LogP contribution in [0, 0.1) is 25.2 Å². The van der Waals surface area contributed by atoms with Gasteiger partial charge in [0.05, 0.1) is 30.5 Å². The third kappa shape index (κ3) is 6.30. The zero-order chi connectivity index (χ0) is 26.2. The SMILES string of the molecule is CCOC(=O)c1sc(NC(=O)CCSc2nc(-c3ccc(C)cc3)ccc2C#N)c(C(=O)OC)c1C. The standard InChI is InChI=1S/C26H25N3O5S2/c1-5-34-26(32)22-16(3)21(25(31)33-4)24(36-22)29-20(30)12-13-35-23-18(14-27)10-11-19(28-23)17-8-6-15(2)7-9-17/h6-11H,5,12-13H2,1-4H3,(H,29,30). The number of thioether (sulfide) groups is 1. The van der Waals surface area contributed by atoms with Gasteiger partial charge < -0.3 is 14.8 Å². The number of pyridine rings is 1. The number of carbonyl (C=O) groups is 3. The van der Waals surface area contributed by atoms with Gasteiger partial charge in [-0.25, -0.2) is 14.6 Å². The van der Waals surface area contributed by atoms with Crippen molar-refractivity contribution in [1.82, 2.24) is 4.98 Å². The highest BCUT2D eigenvalue weighted by Gasteiger charge is 2.27. The highest BCUT2D eigenvalue weighted by atomic mass is 32.2. The predicted octanol–water partition coefficient (Wildman–Crippen LogP) is 5.38. The molecule has 0 atom stereocenters. The van der Waals surface area contributed by atoms with Crippen molar-refractivity contribution in [3.8, 4) is 17.3 Å². The van der Waals surface area contributed by atoms with Crippen LogP contribution in [0.15, 0.2) is 41.4 Å². The lowest BCUT2D eigenvalue weighted by molar-refractivity contribution is -0.115. The summed E-state index contributed by atoms with van der Waals surface area (Å²) in [6, 6.07) is 13.6. The maximum absolute atomic E-state index is 12.7. The van der Waals surface area contributed by atoms with E-state index < -0.39 is 11.9 Å². The van der Waals surface area contributed by atoms with E-state index in [4.69, 9.17) is 9.47 Å². The molecule has 0 unspecified atom stereocenters. The van der Waals surface area contributed by atoms with Gasteiger partial charge in [0.2, 0.25) is 5.91 Å². The number of esters is 2. The van der Waals surface area contributed by atoms with Crippen molar-refractivity contribution in [2.45, 2.75) is 32.2 Å². The Balaban J connectivity index is 1.72. The molecule has 2 aromatic heterocycles. The predicted molar refractivity (Wildman–Crippen MR) is 139 cm³/mol. The van der Waals surface area contributed by atoms with E-state index in [0.29, 0.717) is 21.9 Å². The number of aromatic nitrogens is 1. The molecule has 10 heteroatoms. The first-order valence-electron chi connectivity index (χ1n) is 11.1. The van der Waals surface area contributed by atoms with Crippen LogP contribution in [0.4, 0.5) is 5.00 Å². The second kappa shape index (κ2) is 12.3. The molecular formula is C26H25N3O5S2. The number of hydrogen-bond acceptors (Lipinski definition) is 9. The molecule has 186 valence electrons. The van der Waals surface area contributed by atoms with Crippen molar-refractivity contribution in [2.24, 2.45) is 0 Å². The van der Waals surface area contributed by atoms with Crippen LogP contribution in [-0.2, 0) is 14.3 Å². The first-order valence-corrected chi connectivity index (χ1v) is 12.9. The normalized spacial score (nSPS) is 10.4. The van der Waals surface area contributed by atoms with Crippen molar-refractivity contribution in [3.05, 3.63) is 63.5 Å². The molecule has 1 N–H and O–H groups in total. The van der Waals surface area contributed by atoms with Crippen LogP contribution >= 0.6 is 23.1 Å². The van der Waals surface area contributed by atoms with Crippen molar-refractivity contribution in [3.63, 3.8) is 0 Å². The summed E-state index contributed by atoms with van der Waals surface area (Å²) in [5.41, 5.74) is 3.77. The highest BCUT2D eigenvalue weighted by molar-refractivity contribution is 7.99. The Labute approximate surface area is 217 Å². The fourth-order valence-corrected chi connectivity index (χ4v) is 5.31. The molecule has 0 aliphatic heterocycles. The molecule has 3 rings (SSSR count). The maximum atomic E-state index is 12.7. The summed E-state index contributed by atoms with van der Waals surface area (Å²) in [5.74, 6) is -1.21. The zero-order valence-corrected chi connectivity index (χ0v) is 22.0. The number of ether oxygens (including phenoxy) is 2. The van der Waals surface area contributed by atoms with Crippen molar-refractivity contribution in [1.29, 1.82) is 5.26 Å². The van der Waals surface area contributed by atoms with Gasteiger partial charge >= 0.3 is 11.9 Å². The Bertz CT molecular complexity index is 1330. The lowest BCUT2D eigenvalue weighted by Crippen LogP contribution is -2.14. The number of nitriles is 1. The van der Waals surface area contributed by atoms with E-state index >= 15 is 0 Å². The molecule has 0 saturated carbocycles. The number of carbonyl (C=O) groups excluding carboxylic acids is 3. The van der Waals surface area contributed by atoms with Crippen LogP contribution in [0.5, 0.6) is 0 Å². The number of methoxy groups -OCH3 is 1. The Morgan fingerprint density at radius 2 is 1.83 bits per heavy atom. The van der Waals surface area contributed by atoms with Crippen molar-refractivity contribution >= 4 is 45.9 Å². The van der Waals surface area contributed by atoms with Gasteiger partial charge in [-0.05, 0) is 38.5 Å². The molecule has 36 heavy (non-hydrogen) atoms. The topological polar surface area (TPSA) is 118 Å². The van der Waals surface area contributed by atoms with Gasteiger partial charge in [0.25, 0.3) is 0 Å². The van der Waals surface area contributed by atoms with Crippen LogP contribution in [0.2, 0.25) is 0 Å². The molecule has 1 aromatic carbocycles. The Morgan fingerprint density at radius 1 is 1.11 bits per heavy atom. The number of thiophene rings is 1. The molecule has 3 aromatic rings. The van der Waals surface area contributed by atoms with E-state index in [1.807, 2.05) is 31.2 Å². The monoisotopic (exact) mass is 523 g/mol. The maximum Gasteiger partial charge on any atom is 0.348 e. The largest absolute Gasteiger partial charge is 0.465 e. The second-order valence-corrected chi connectivity index (χ2v) is 9.75. The van der Waals surface area contributed by atoms with Crippen LogP contribution < -0.4 is 5.32 Å². The van der Waals surface area contributed by atoms with Gasteiger partial charge in [-0.1, -0.05) is 29.8 Å². The molecule has 0 fully saturated rings. The van der Waals surface area contributed by atoms with Gasteiger partial charge in [-0.15, -0.1) is 23.1 Å². The molecule has 1 amide bonds. The molecule has 0 aliphatic carbocycles. The van der Waals surface area contributed by atoms with E-state index in [0.717, 1.165) is 28.2 Å². The number of nitrogens with zero attached hydrogens (tertiary/aromatic N) is 2. The number of hydrogen-bond donors (Lipinski definition) is 1. The van der Waals surface area contributed by atoms with Crippen molar-refractivity contribution in [2.75, 3.05) is 24.8 Å². The number of nitrogens with one attached hydrogen (secondary N) is 1. The minimum atomic E-state index is -0.653. The van der Waals surface area contributed by atoms with Gasteiger partial charge in [0.1, 0.15) is 21.0 Å². The van der Waals surface area contributed by atoms with Crippen LogP contribution in [0.3, 0.4) is 0 Å². The fourth-order valence-electron chi connectivity index (χ4n) is 3.29. The number of anilines is 1. The van der Waals surface area contributed by atoms with Gasteiger partial charge in [-0.3, -0.25) is 4.79 Å². The molecule has 8 nitrogen and oxygen atoms in total. The van der Waals surface area contributed by atoms with Gasteiger partial charge in [-0.2, -0.15) is 5.26 Å². The van der Waals surface area contributed by atoms with Crippen LogP contribution in [0.25, 0.3) is 11.3 Å². The van der Waals surface area contributed by atoms with E-state index in [1.54, 1.807) is 26.0 Å². The van der Waals surface area contributed by atoms with E-state index in [1.165, 1.54) is 18.9 Å². The number of rotatable bonds is 9. The zero-order valence-electron chi connectivity index (χ0n) is 20.3. The summed E-state index contributed by atoms with van der Waals surface area (Å²) in [5, 5.41) is 13.0.